The van der Waals surface area contributed by atoms with Gasteiger partial charge in [0.1, 0.15) is 29.5 Å². The van der Waals surface area contributed by atoms with E-state index < -0.39 is 113 Å². The van der Waals surface area contributed by atoms with E-state index >= 15 is 0 Å². The normalized spacial score (nSPS) is 38.6. The van der Waals surface area contributed by atoms with Gasteiger partial charge in [-0.15, -0.1) is 0 Å². The summed E-state index contributed by atoms with van der Waals surface area (Å²) in [5.41, 5.74) is -3.92. The minimum absolute atomic E-state index is 0.0136. The molecule has 3 aliphatic heterocycles. The number of benzene rings is 2. The number of phenols is 3. The first-order valence-corrected chi connectivity index (χ1v) is 18.4. The summed E-state index contributed by atoms with van der Waals surface area (Å²) >= 11 is 0. The van der Waals surface area contributed by atoms with Gasteiger partial charge in [0.25, 0.3) is 0 Å². The van der Waals surface area contributed by atoms with Crippen molar-refractivity contribution in [3.05, 3.63) is 51.6 Å². The summed E-state index contributed by atoms with van der Waals surface area (Å²) in [5, 5.41) is 77.5. The van der Waals surface area contributed by atoms with E-state index in [2.05, 4.69) is 0 Å². The molecule has 13 atom stereocenters. The Morgan fingerprint density at radius 3 is 2.06 bits per heavy atom. The lowest BCUT2D eigenvalue weighted by molar-refractivity contribution is -0.322. The zero-order valence-corrected chi connectivity index (χ0v) is 30.0. The second-order valence-corrected chi connectivity index (χ2v) is 14.9. The van der Waals surface area contributed by atoms with E-state index in [0.29, 0.717) is 19.3 Å². The number of rotatable bonds is 7. The quantitative estimate of drug-likeness (QED) is 0.173. The first-order chi connectivity index (χ1) is 25.1. The molecule has 15 heteroatoms. The van der Waals surface area contributed by atoms with Crippen LogP contribution in [0.3, 0.4) is 0 Å². The number of carbonyl (C=O) groups excluding carboxylic acids is 2. The van der Waals surface area contributed by atoms with Gasteiger partial charge < -0.3 is 64.2 Å². The predicted molar refractivity (Wildman–Crippen MR) is 181 cm³/mol. The van der Waals surface area contributed by atoms with Crippen LogP contribution in [0.5, 0.6) is 17.2 Å². The molecule has 3 heterocycles. The van der Waals surface area contributed by atoms with Crippen molar-refractivity contribution in [1.82, 2.24) is 0 Å². The Hall–Kier alpha value is -3.22. The zero-order chi connectivity index (χ0) is 38.1. The minimum Gasteiger partial charge on any atom is -0.507 e. The van der Waals surface area contributed by atoms with Crippen molar-refractivity contribution in [2.24, 2.45) is 0 Å². The number of aliphatic hydroxyl groups is 4. The summed E-state index contributed by atoms with van der Waals surface area (Å²) in [6.45, 7) is 6.96. The van der Waals surface area contributed by atoms with Gasteiger partial charge in [-0.3, -0.25) is 9.59 Å². The first-order valence-electron chi connectivity index (χ1n) is 18.4. The maximum absolute atomic E-state index is 13.7. The Labute approximate surface area is 306 Å². The molecule has 0 bridgehead atoms. The van der Waals surface area contributed by atoms with Gasteiger partial charge in [0.05, 0.1) is 65.0 Å². The SMILES string of the molecule is CC[C@@]1(O)C[C@H](O[C@H]2CC[C@H](O[C@H]3C[C@H](O)[C@H](O[C@H]4CC[C@H](O)[C@H](C)O4)[C@H](C)O3)[C@H](C)O2)c2c(O)c3c(c(O)c2[C@H]1O)C(=O)c1cccc(O)c1C3=O. The topological polar surface area (TPSA) is 231 Å². The molecule has 290 valence electrons. The molecule has 0 radical (unpaired) electrons. The monoisotopic (exact) mass is 744 g/mol. The Morgan fingerprint density at radius 2 is 1.38 bits per heavy atom. The minimum atomic E-state index is -1.85. The lowest BCUT2D eigenvalue weighted by atomic mass is 9.70. The number of aromatic hydroxyl groups is 3. The van der Waals surface area contributed by atoms with Crippen LogP contribution in [0.4, 0.5) is 0 Å². The summed E-state index contributed by atoms with van der Waals surface area (Å²) < 4.78 is 36.7. The lowest BCUT2D eigenvalue weighted by Crippen LogP contribution is -2.53. The average molecular weight is 745 g/mol. The highest BCUT2D eigenvalue weighted by molar-refractivity contribution is 6.31. The van der Waals surface area contributed by atoms with Gasteiger partial charge in [-0.1, -0.05) is 19.1 Å². The molecule has 3 saturated heterocycles. The molecule has 0 aromatic heterocycles. The van der Waals surface area contributed by atoms with Crippen molar-refractivity contribution in [1.29, 1.82) is 0 Å². The molecule has 53 heavy (non-hydrogen) atoms. The summed E-state index contributed by atoms with van der Waals surface area (Å²) in [5.74, 6) is -3.69. The third-order valence-corrected chi connectivity index (χ3v) is 11.5. The number of aliphatic hydroxyl groups excluding tert-OH is 3. The molecule has 5 aliphatic rings. The van der Waals surface area contributed by atoms with Crippen LogP contribution in [-0.2, 0) is 28.4 Å². The van der Waals surface area contributed by atoms with E-state index in [1.165, 1.54) is 18.2 Å². The second-order valence-electron chi connectivity index (χ2n) is 14.9. The Balaban J connectivity index is 1.06. The van der Waals surface area contributed by atoms with Crippen LogP contribution in [0.15, 0.2) is 18.2 Å². The number of carbonyl (C=O) groups is 2. The molecular weight excluding hydrogens is 696 g/mol. The van der Waals surface area contributed by atoms with Crippen molar-refractivity contribution in [3.63, 3.8) is 0 Å². The van der Waals surface area contributed by atoms with E-state index in [1.54, 1.807) is 27.7 Å². The molecule has 0 amide bonds. The van der Waals surface area contributed by atoms with Crippen LogP contribution in [-0.4, -0.2) is 115 Å². The summed E-state index contributed by atoms with van der Waals surface area (Å²) in [7, 11) is 0. The highest BCUT2D eigenvalue weighted by Crippen LogP contribution is 2.56. The van der Waals surface area contributed by atoms with Gasteiger partial charge in [-0.2, -0.15) is 0 Å². The molecular formula is C38H48O15. The summed E-state index contributed by atoms with van der Waals surface area (Å²) in [4.78, 5) is 27.3. The van der Waals surface area contributed by atoms with Crippen LogP contribution in [0.2, 0.25) is 0 Å². The Bertz CT molecular complexity index is 1730. The third kappa shape index (κ3) is 6.64. The van der Waals surface area contributed by atoms with Crippen molar-refractivity contribution in [3.8, 4) is 17.2 Å². The average Bonchev–Trinajstić information content (AvgIpc) is 3.11. The summed E-state index contributed by atoms with van der Waals surface area (Å²) in [6, 6.07) is 3.91. The fraction of sp³-hybridized carbons (Fsp3) is 0.632. The number of hydrogen-bond donors (Lipinski definition) is 7. The van der Waals surface area contributed by atoms with Crippen LogP contribution < -0.4 is 0 Å². The summed E-state index contributed by atoms with van der Waals surface area (Å²) in [6.07, 6.45) is -7.62. The molecule has 7 rings (SSSR count). The van der Waals surface area contributed by atoms with Gasteiger partial charge in [0.15, 0.2) is 24.7 Å². The van der Waals surface area contributed by atoms with Gasteiger partial charge in [-0.05, 0) is 46.1 Å². The fourth-order valence-corrected chi connectivity index (χ4v) is 8.40. The number of hydrogen-bond acceptors (Lipinski definition) is 15. The van der Waals surface area contributed by atoms with E-state index in [0.717, 1.165) is 0 Å². The van der Waals surface area contributed by atoms with Gasteiger partial charge >= 0.3 is 0 Å². The fourth-order valence-electron chi connectivity index (χ4n) is 8.40. The molecule has 7 N–H and O–H groups in total. The lowest BCUT2D eigenvalue weighted by Gasteiger charge is -2.45. The molecule has 0 saturated carbocycles. The molecule has 15 nitrogen and oxygen atoms in total. The van der Waals surface area contributed by atoms with Crippen molar-refractivity contribution in [2.45, 2.75) is 152 Å². The van der Waals surface area contributed by atoms with E-state index in [9.17, 15) is 45.3 Å². The van der Waals surface area contributed by atoms with Crippen LogP contribution in [0.1, 0.15) is 128 Å². The van der Waals surface area contributed by atoms with Crippen molar-refractivity contribution in [2.75, 3.05) is 0 Å². The molecule has 0 unspecified atom stereocenters. The molecule has 2 aliphatic carbocycles. The maximum atomic E-state index is 13.7. The smallest absolute Gasteiger partial charge is 0.202 e. The first kappa shape index (κ1) is 38.1. The van der Waals surface area contributed by atoms with Crippen LogP contribution in [0, 0.1) is 0 Å². The largest absolute Gasteiger partial charge is 0.507 e. The maximum Gasteiger partial charge on any atom is 0.202 e. The van der Waals surface area contributed by atoms with Gasteiger partial charge in [-0.25, -0.2) is 0 Å². The Morgan fingerprint density at radius 1 is 0.736 bits per heavy atom. The van der Waals surface area contributed by atoms with E-state index in [4.69, 9.17) is 28.4 Å². The van der Waals surface area contributed by atoms with Gasteiger partial charge in [0.2, 0.25) is 5.78 Å². The van der Waals surface area contributed by atoms with E-state index in [1.807, 2.05) is 0 Å². The van der Waals surface area contributed by atoms with Crippen molar-refractivity contribution < 1.29 is 73.8 Å². The number of phenolic OH excluding ortho intramolecular Hbond substituents is 3. The third-order valence-electron chi connectivity index (χ3n) is 11.5. The zero-order valence-electron chi connectivity index (χ0n) is 30.0. The molecule has 2 aromatic carbocycles. The van der Waals surface area contributed by atoms with Crippen molar-refractivity contribution >= 4 is 11.6 Å². The molecule has 3 fully saturated rings. The van der Waals surface area contributed by atoms with Crippen LogP contribution >= 0.6 is 0 Å². The standard InChI is InChI=1S/C38H48O15/c1-5-38(47)14-23(28-31(37(38)46)35(45)29-30(34(28)44)33(43)27-18(32(29)42)7-6-8-20(27)40)52-24-12-10-22(16(3)49-24)51-26-13-21(41)36(17(4)50-26)53-25-11-9-19(39)15(2)48-25/h6-8,15-17,19,21-26,36-37,39-41,44-47H,5,9-14H2,1-4H3/t15-,16-,17-,19-,21-,22-,23-,24-,25-,26-,36+,37+,38+/m0/s1. The highest BCUT2D eigenvalue weighted by Gasteiger charge is 2.51. The number of ketones is 2. The number of ether oxygens (including phenoxy) is 6. The molecule has 0 spiro atoms. The second kappa shape index (κ2) is 14.5. The highest BCUT2D eigenvalue weighted by atomic mass is 16.7. The number of fused-ring (bicyclic) bond motifs is 3. The van der Waals surface area contributed by atoms with E-state index in [-0.39, 0.29) is 54.0 Å². The van der Waals surface area contributed by atoms with Crippen LogP contribution in [0.25, 0.3) is 0 Å². The Kier molecular flexibility index (Phi) is 10.4. The molecule has 2 aromatic rings. The predicted octanol–water partition coefficient (Wildman–Crippen LogP) is 2.89. The van der Waals surface area contributed by atoms with Gasteiger partial charge in [0, 0.05) is 42.4 Å².